The maximum absolute atomic E-state index is 13.4. The molecule has 0 heterocycles. The lowest BCUT2D eigenvalue weighted by atomic mass is 10.1. The zero-order chi connectivity index (χ0) is 24.8. The van der Waals surface area contributed by atoms with Gasteiger partial charge in [-0.05, 0) is 50.6 Å². The van der Waals surface area contributed by atoms with Gasteiger partial charge >= 0.3 is 10.2 Å². The molecule has 2 rings (SSSR count). The zero-order valence-electron chi connectivity index (χ0n) is 19.5. The van der Waals surface area contributed by atoms with Crippen LogP contribution in [0.2, 0.25) is 0 Å². The van der Waals surface area contributed by atoms with E-state index in [1.807, 2.05) is 44.2 Å². The molecule has 1 atom stereocenters. The SMILES string of the molecule is CC(C)NC(=O)[C@@H](C)N(Cc1ccccc1)C(=O)CN(c1ccc(F)cc1)S(=O)(=O)N(C)C. The maximum Gasteiger partial charge on any atom is 0.304 e. The zero-order valence-corrected chi connectivity index (χ0v) is 20.3. The minimum Gasteiger partial charge on any atom is -0.352 e. The first kappa shape index (κ1) is 26.3. The molecule has 0 aromatic heterocycles. The van der Waals surface area contributed by atoms with Gasteiger partial charge in [-0.25, -0.2) is 8.70 Å². The van der Waals surface area contributed by atoms with Gasteiger partial charge in [0.25, 0.3) is 0 Å². The predicted octanol–water partition coefficient (Wildman–Crippen LogP) is 2.38. The molecule has 0 aliphatic heterocycles. The van der Waals surface area contributed by atoms with Crippen LogP contribution in [-0.2, 0) is 26.3 Å². The van der Waals surface area contributed by atoms with E-state index in [0.29, 0.717) is 0 Å². The number of amides is 2. The third-order valence-corrected chi connectivity index (χ3v) is 6.75. The summed E-state index contributed by atoms with van der Waals surface area (Å²) in [7, 11) is -1.39. The van der Waals surface area contributed by atoms with E-state index < -0.39 is 34.5 Å². The molecule has 0 saturated heterocycles. The summed E-state index contributed by atoms with van der Waals surface area (Å²) in [5.74, 6) is -1.45. The molecule has 1 N–H and O–H groups in total. The molecule has 0 bridgehead atoms. The number of hydrogen-bond acceptors (Lipinski definition) is 4. The van der Waals surface area contributed by atoms with E-state index in [9.17, 15) is 22.4 Å². The average molecular weight is 479 g/mol. The van der Waals surface area contributed by atoms with Gasteiger partial charge in [0, 0.05) is 26.7 Å². The molecular weight excluding hydrogens is 447 g/mol. The number of carbonyl (C=O) groups is 2. The van der Waals surface area contributed by atoms with Crippen molar-refractivity contribution < 1.29 is 22.4 Å². The Bertz CT molecular complexity index is 1040. The molecule has 33 heavy (non-hydrogen) atoms. The third kappa shape index (κ3) is 7.00. The minimum atomic E-state index is -4.08. The summed E-state index contributed by atoms with van der Waals surface area (Å²) in [5, 5.41) is 2.79. The highest BCUT2D eigenvalue weighted by molar-refractivity contribution is 7.90. The van der Waals surface area contributed by atoms with Gasteiger partial charge in [0.15, 0.2) is 0 Å². The van der Waals surface area contributed by atoms with Crippen LogP contribution in [-0.4, -0.2) is 62.2 Å². The smallest absolute Gasteiger partial charge is 0.304 e. The number of nitrogens with zero attached hydrogens (tertiary/aromatic N) is 3. The monoisotopic (exact) mass is 478 g/mol. The molecule has 2 amide bonds. The van der Waals surface area contributed by atoms with E-state index in [1.165, 1.54) is 31.1 Å². The Balaban J connectivity index is 2.42. The highest BCUT2D eigenvalue weighted by Gasteiger charge is 2.32. The second kappa shape index (κ2) is 11.2. The number of benzene rings is 2. The Morgan fingerprint density at radius 1 is 0.970 bits per heavy atom. The summed E-state index contributed by atoms with van der Waals surface area (Å²) in [5.41, 5.74) is 0.927. The Morgan fingerprint density at radius 3 is 2.06 bits per heavy atom. The summed E-state index contributed by atoms with van der Waals surface area (Å²) in [6, 6.07) is 13.0. The van der Waals surface area contributed by atoms with E-state index in [-0.39, 0.29) is 24.2 Å². The summed E-state index contributed by atoms with van der Waals surface area (Å²) < 4.78 is 41.3. The van der Waals surface area contributed by atoms with Crippen LogP contribution >= 0.6 is 0 Å². The van der Waals surface area contributed by atoms with Crippen molar-refractivity contribution in [1.82, 2.24) is 14.5 Å². The van der Waals surface area contributed by atoms with Crippen LogP contribution in [0, 0.1) is 5.82 Å². The van der Waals surface area contributed by atoms with Crippen LogP contribution in [0.25, 0.3) is 0 Å². The molecule has 2 aromatic carbocycles. The van der Waals surface area contributed by atoms with Gasteiger partial charge < -0.3 is 10.2 Å². The molecule has 0 spiro atoms. The van der Waals surface area contributed by atoms with Crippen molar-refractivity contribution in [1.29, 1.82) is 0 Å². The summed E-state index contributed by atoms with van der Waals surface area (Å²) in [6.07, 6.45) is 0. The Labute approximate surface area is 195 Å². The van der Waals surface area contributed by atoms with Crippen molar-refractivity contribution in [2.75, 3.05) is 24.9 Å². The molecule has 0 aliphatic rings. The predicted molar refractivity (Wildman–Crippen MR) is 126 cm³/mol. The first-order valence-electron chi connectivity index (χ1n) is 10.5. The lowest BCUT2D eigenvalue weighted by Gasteiger charge is -2.33. The molecule has 0 unspecified atom stereocenters. The van der Waals surface area contributed by atoms with Crippen LogP contribution in [0.3, 0.4) is 0 Å². The highest BCUT2D eigenvalue weighted by atomic mass is 32.2. The first-order valence-corrected chi connectivity index (χ1v) is 11.9. The molecule has 10 heteroatoms. The fourth-order valence-corrected chi connectivity index (χ4v) is 4.15. The van der Waals surface area contributed by atoms with Crippen LogP contribution < -0.4 is 9.62 Å². The normalized spacial score (nSPS) is 12.5. The lowest BCUT2D eigenvalue weighted by molar-refractivity contribution is -0.139. The number of hydrogen-bond donors (Lipinski definition) is 1. The lowest BCUT2D eigenvalue weighted by Crippen LogP contribution is -2.53. The van der Waals surface area contributed by atoms with Crippen molar-refractivity contribution in [2.45, 2.75) is 39.4 Å². The van der Waals surface area contributed by atoms with Crippen LogP contribution in [0.1, 0.15) is 26.3 Å². The van der Waals surface area contributed by atoms with E-state index >= 15 is 0 Å². The van der Waals surface area contributed by atoms with Gasteiger partial charge in [-0.3, -0.25) is 9.59 Å². The maximum atomic E-state index is 13.4. The Hall–Kier alpha value is -2.98. The Kier molecular flexibility index (Phi) is 8.95. The number of rotatable bonds is 10. The topological polar surface area (TPSA) is 90.0 Å². The largest absolute Gasteiger partial charge is 0.352 e. The van der Waals surface area contributed by atoms with Crippen LogP contribution in [0.15, 0.2) is 54.6 Å². The molecule has 180 valence electrons. The van der Waals surface area contributed by atoms with Crippen molar-refractivity contribution in [2.24, 2.45) is 0 Å². The summed E-state index contributed by atoms with van der Waals surface area (Å²) in [6.45, 7) is 4.78. The van der Waals surface area contributed by atoms with Gasteiger partial charge in [-0.15, -0.1) is 0 Å². The van der Waals surface area contributed by atoms with Crippen molar-refractivity contribution in [3.63, 3.8) is 0 Å². The van der Waals surface area contributed by atoms with Crippen molar-refractivity contribution >= 4 is 27.7 Å². The number of nitrogens with one attached hydrogen (secondary N) is 1. The second-order valence-corrected chi connectivity index (χ2v) is 10.2. The number of halogens is 1. The minimum absolute atomic E-state index is 0.117. The van der Waals surface area contributed by atoms with E-state index in [2.05, 4.69) is 5.32 Å². The van der Waals surface area contributed by atoms with Gasteiger partial charge in [0.05, 0.1) is 5.69 Å². The average Bonchev–Trinajstić information content (AvgIpc) is 2.76. The standard InChI is InChI=1S/C23H31FN4O4S/c1-17(2)25-23(30)18(3)27(15-19-9-7-6-8-10-19)22(29)16-28(33(31,32)26(4)5)21-13-11-20(24)12-14-21/h6-14,17-18H,15-16H2,1-5H3,(H,25,30)/t18-/m1/s1. The van der Waals surface area contributed by atoms with Gasteiger partial charge in [0.2, 0.25) is 11.8 Å². The van der Waals surface area contributed by atoms with Crippen molar-refractivity contribution in [3.05, 3.63) is 66.0 Å². The van der Waals surface area contributed by atoms with Crippen molar-refractivity contribution in [3.8, 4) is 0 Å². The van der Waals surface area contributed by atoms with Gasteiger partial charge in [-0.1, -0.05) is 30.3 Å². The Morgan fingerprint density at radius 2 is 1.55 bits per heavy atom. The van der Waals surface area contributed by atoms with Crippen LogP contribution in [0.4, 0.5) is 10.1 Å². The summed E-state index contributed by atoms with van der Waals surface area (Å²) in [4.78, 5) is 27.5. The highest BCUT2D eigenvalue weighted by Crippen LogP contribution is 2.21. The molecular formula is C23H31FN4O4S. The second-order valence-electron chi connectivity index (χ2n) is 8.12. The molecule has 8 nitrogen and oxygen atoms in total. The summed E-state index contributed by atoms with van der Waals surface area (Å²) >= 11 is 0. The van der Waals surface area contributed by atoms with E-state index in [4.69, 9.17) is 0 Å². The molecule has 0 aliphatic carbocycles. The van der Waals surface area contributed by atoms with E-state index in [0.717, 1.165) is 26.3 Å². The fraction of sp³-hybridized carbons (Fsp3) is 0.391. The first-order chi connectivity index (χ1) is 15.4. The molecule has 0 radical (unpaired) electrons. The van der Waals surface area contributed by atoms with Gasteiger partial charge in [-0.2, -0.15) is 12.7 Å². The quantitative estimate of drug-likeness (QED) is 0.568. The third-order valence-electron chi connectivity index (χ3n) is 4.93. The number of anilines is 1. The fourth-order valence-electron chi connectivity index (χ4n) is 3.09. The molecule has 0 fully saturated rings. The van der Waals surface area contributed by atoms with Gasteiger partial charge in [0.1, 0.15) is 18.4 Å². The number of carbonyl (C=O) groups excluding carboxylic acids is 2. The molecule has 2 aromatic rings. The molecule has 0 saturated carbocycles. The van der Waals surface area contributed by atoms with E-state index in [1.54, 1.807) is 6.92 Å². The van der Waals surface area contributed by atoms with Crippen LogP contribution in [0.5, 0.6) is 0 Å².